The third-order valence-corrected chi connectivity index (χ3v) is 11.2. The third kappa shape index (κ3) is 8.55. The molecule has 55 heavy (non-hydrogen) atoms. The molecule has 2 aliphatic rings. The van der Waals surface area contributed by atoms with E-state index in [-0.39, 0.29) is 34.9 Å². The number of carbonyl (C=O) groups excluding carboxylic acids is 4. The predicted octanol–water partition coefficient (Wildman–Crippen LogP) is 6.10. The van der Waals surface area contributed by atoms with E-state index in [9.17, 15) is 19.2 Å². The number of fused-ring (bicyclic) bond motifs is 2. The van der Waals surface area contributed by atoms with Crippen LogP contribution in [-0.4, -0.2) is 67.6 Å². The maximum Gasteiger partial charge on any atom is 0.290 e. The summed E-state index contributed by atoms with van der Waals surface area (Å²) in [6.07, 6.45) is 11.1. The monoisotopic (exact) mass is 745 g/mol. The first-order valence-electron chi connectivity index (χ1n) is 19.6. The molecule has 5 aromatic rings. The molecule has 2 aromatic carbocycles. The van der Waals surface area contributed by atoms with Gasteiger partial charge >= 0.3 is 0 Å². The molecule has 0 radical (unpaired) electrons. The Morgan fingerprint density at radius 2 is 1.73 bits per heavy atom. The van der Waals surface area contributed by atoms with Crippen LogP contribution in [0.1, 0.15) is 111 Å². The van der Waals surface area contributed by atoms with Gasteiger partial charge in [-0.2, -0.15) is 5.10 Å². The Kier molecular flexibility index (Phi) is 11.3. The molecule has 2 aliphatic heterocycles. The minimum atomic E-state index is -0.466. The van der Waals surface area contributed by atoms with Crippen LogP contribution in [0, 0.1) is 6.92 Å². The lowest BCUT2D eigenvalue weighted by molar-refractivity contribution is -0.134. The number of rotatable bonds is 15. The fourth-order valence-electron chi connectivity index (χ4n) is 8.03. The molecule has 13 heteroatoms. The molecule has 4 amide bonds. The van der Waals surface area contributed by atoms with Crippen LogP contribution in [0.4, 0.5) is 11.4 Å². The molecule has 2 atom stereocenters. The first-order valence-corrected chi connectivity index (χ1v) is 19.6. The number of hydrogen-bond donors (Lipinski definition) is 3. The summed E-state index contributed by atoms with van der Waals surface area (Å²) in [6, 6.07) is 18.4. The number of unbranched alkanes of at least 4 members (excludes halogenated alkanes) is 6. The van der Waals surface area contributed by atoms with Gasteiger partial charge in [-0.1, -0.05) is 69.4 Å². The van der Waals surface area contributed by atoms with E-state index in [2.05, 4.69) is 79.4 Å². The van der Waals surface area contributed by atoms with E-state index >= 15 is 0 Å². The highest BCUT2D eigenvalue weighted by atomic mass is 16.2. The summed E-state index contributed by atoms with van der Waals surface area (Å²) >= 11 is 0. The van der Waals surface area contributed by atoms with Crippen LogP contribution in [0.3, 0.4) is 0 Å². The third-order valence-electron chi connectivity index (χ3n) is 11.2. The predicted molar refractivity (Wildman–Crippen MR) is 212 cm³/mol. The van der Waals surface area contributed by atoms with Gasteiger partial charge < -0.3 is 15.5 Å². The minimum Gasteiger partial charge on any atom is -0.369 e. The second kappa shape index (κ2) is 16.4. The lowest BCUT2D eigenvalue weighted by Crippen LogP contribution is -2.39. The van der Waals surface area contributed by atoms with Crippen LogP contribution < -0.4 is 20.9 Å². The van der Waals surface area contributed by atoms with Crippen molar-refractivity contribution in [1.29, 1.82) is 0 Å². The number of imide groups is 1. The van der Waals surface area contributed by atoms with Crippen molar-refractivity contribution >= 4 is 51.6 Å². The van der Waals surface area contributed by atoms with Crippen LogP contribution in [0.5, 0.6) is 0 Å². The van der Waals surface area contributed by atoms with Crippen molar-refractivity contribution in [3.05, 3.63) is 83.4 Å². The smallest absolute Gasteiger partial charge is 0.290 e. The van der Waals surface area contributed by atoms with Gasteiger partial charge in [0, 0.05) is 56.0 Å². The molecule has 288 valence electrons. The highest BCUT2D eigenvalue weighted by Gasteiger charge is 2.36. The van der Waals surface area contributed by atoms with Crippen molar-refractivity contribution in [2.24, 2.45) is 7.05 Å². The maximum absolute atomic E-state index is 12.9. The van der Waals surface area contributed by atoms with Gasteiger partial charge in [0.25, 0.3) is 5.91 Å². The van der Waals surface area contributed by atoms with E-state index in [0.29, 0.717) is 42.8 Å². The summed E-state index contributed by atoms with van der Waals surface area (Å²) in [7, 11) is 1.81. The molecule has 0 saturated carbocycles. The van der Waals surface area contributed by atoms with Crippen molar-refractivity contribution in [2.75, 3.05) is 29.9 Å². The second-order valence-electron chi connectivity index (χ2n) is 15.5. The summed E-state index contributed by atoms with van der Waals surface area (Å²) in [6.45, 7) is 6.80. The zero-order valence-electron chi connectivity index (χ0n) is 32.1. The second-order valence-corrected chi connectivity index (χ2v) is 15.5. The molecule has 5 heterocycles. The van der Waals surface area contributed by atoms with Crippen molar-refractivity contribution in [1.82, 2.24) is 35.0 Å². The van der Waals surface area contributed by atoms with E-state index in [4.69, 9.17) is 0 Å². The van der Waals surface area contributed by atoms with Crippen LogP contribution in [-0.2, 0) is 26.8 Å². The van der Waals surface area contributed by atoms with Gasteiger partial charge in [-0.15, -0.1) is 5.10 Å². The van der Waals surface area contributed by atoms with Gasteiger partial charge in [-0.25, -0.2) is 9.50 Å². The van der Waals surface area contributed by atoms with Gasteiger partial charge in [0.1, 0.15) is 0 Å². The molecule has 13 nitrogen and oxygen atoms in total. The largest absolute Gasteiger partial charge is 0.369 e. The number of aromatic nitrogens is 5. The Hall–Kier alpha value is -5.59. The van der Waals surface area contributed by atoms with Crippen molar-refractivity contribution in [3.63, 3.8) is 0 Å². The normalized spacial score (nSPS) is 18.6. The number of aryl methyl sites for hydroxylation is 2. The summed E-state index contributed by atoms with van der Waals surface area (Å²) in [5.74, 6) is -1.13. The van der Waals surface area contributed by atoms with Crippen LogP contribution in [0.2, 0.25) is 0 Å². The lowest BCUT2D eigenvalue weighted by atomic mass is 9.82. The van der Waals surface area contributed by atoms with Crippen LogP contribution in [0.25, 0.3) is 16.6 Å². The van der Waals surface area contributed by atoms with E-state index < -0.39 is 5.92 Å². The number of amides is 4. The van der Waals surface area contributed by atoms with Gasteiger partial charge in [0.15, 0.2) is 5.65 Å². The van der Waals surface area contributed by atoms with Gasteiger partial charge in [-0.3, -0.25) is 29.2 Å². The Morgan fingerprint density at radius 1 is 0.964 bits per heavy atom. The summed E-state index contributed by atoms with van der Waals surface area (Å²) in [5.41, 5.74) is 6.38. The molecular weight excluding hydrogens is 695 g/mol. The highest BCUT2D eigenvalue weighted by molar-refractivity contribution is 6.03. The number of nitrogens with one attached hydrogen (secondary N) is 3. The van der Waals surface area contributed by atoms with Crippen molar-refractivity contribution < 1.29 is 19.2 Å². The molecular formula is C42H51N9O4. The first kappa shape index (κ1) is 37.7. The molecule has 3 N–H and O–H groups in total. The van der Waals surface area contributed by atoms with Gasteiger partial charge in [0.05, 0.1) is 29.0 Å². The molecule has 3 aromatic heterocycles. The molecule has 1 unspecified atom stereocenters. The summed E-state index contributed by atoms with van der Waals surface area (Å²) in [4.78, 5) is 56.5. The van der Waals surface area contributed by atoms with Crippen LogP contribution >= 0.6 is 0 Å². The Labute approximate surface area is 321 Å². The average Bonchev–Trinajstić information content (AvgIpc) is 3.89. The highest BCUT2D eigenvalue weighted by Crippen LogP contribution is 2.37. The van der Waals surface area contributed by atoms with Gasteiger partial charge in [-0.05, 0) is 68.0 Å². The van der Waals surface area contributed by atoms with Crippen molar-refractivity contribution in [3.8, 4) is 0 Å². The summed E-state index contributed by atoms with van der Waals surface area (Å²) in [5, 5.41) is 18.3. The molecule has 2 saturated heterocycles. The molecule has 0 spiro atoms. The lowest BCUT2D eigenvalue weighted by Gasteiger charge is -2.26. The topological polar surface area (TPSA) is 156 Å². The number of piperidine rings is 1. The molecule has 2 fully saturated rings. The number of pyridine rings is 1. The van der Waals surface area contributed by atoms with Crippen molar-refractivity contribution in [2.45, 2.75) is 95.8 Å². The van der Waals surface area contributed by atoms with Crippen LogP contribution in [0.15, 0.2) is 60.8 Å². The Morgan fingerprint density at radius 3 is 2.51 bits per heavy atom. The summed E-state index contributed by atoms with van der Waals surface area (Å²) < 4.78 is 3.45. The maximum atomic E-state index is 12.9. The SMILES string of the molecule is Cc1cc(N2CC[C@](C)(c3ccccc3)C2)cn2nc(C(=O)NCCCCCCCCCC(=O)Nc3ccc4c(C5CCC(=O)NC5=O)nn(C)c4c3)nc12. The fourth-order valence-corrected chi connectivity index (χ4v) is 8.03. The standard InChI is InChI=1S/C42H51N9O4/c1-28-24-31(50-23-21-42(2,27-50)29-14-10-9-11-15-29)26-51-39(28)46-38(48-51)41(55)43-22-13-8-6-4-5-7-12-16-35(52)44-30-17-18-32-34(25-30)49(3)47-37(32)33-19-20-36(53)45-40(33)54/h9-11,14-15,17-18,24-26,33H,4-8,12-13,16,19-23,27H2,1-3H3,(H,43,55)(H,44,52)(H,45,53,54)/t33?,42-/m0/s1. The Bertz CT molecular complexity index is 2210. The number of nitrogens with zero attached hydrogens (tertiary/aromatic N) is 6. The fraction of sp³-hybridized carbons (Fsp3) is 0.452. The minimum absolute atomic E-state index is 0.0312. The number of hydrogen-bond acceptors (Lipinski definition) is 8. The van der Waals surface area contributed by atoms with E-state index in [0.717, 1.165) is 86.6 Å². The number of benzene rings is 2. The quantitative estimate of drug-likeness (QED) is 0.0858. The van der Waals surface area contributed by atoms with Gasteiger partial charge in [0.2, 0.25) is 23.5 Å². The van der Waals surface area contributed by atoms with E-state index in [1.807, 2.05) is 38.4 Å². The molecule has 7 rings (SSSR count). The van der Waals surface area contributed by atoms with E-state index in [1.54, 1.807) is 9.20 Å². The molecule has 0 bridgehead atoms. The average molecular weight is 746 g/mol. The zero-order chi connectivity index (χ0) is 38.5. The Balaban J connectivity index is 0.779. The van der Waals surface area contributed by atoms with E-state index in [1.165, 1.54) is 5.56 Å². The number of carbonyl (C=O) groups is 4. The number of anilines is 2. The first-order chi connectivity index (χ1) is 26.6. The zero-order valence-corrected chi connectivity index (χ0v) is 32.1. The molecule has 0 aliphatic carbocycles.